The van der Waals surface area contributed by atoms with Crippen molar-refractivity contribution in [2.24, 2.45) is 32.3 Å². The Morgan fingerprint density at radius 3 is 1.55 bits per heavy atom. The minimum Gasteiger partial charge on any atom is -0.497 e. The van der Waals surface area contributed by atoms with Crippen molar-refractivity contribution in [2.75, 3.05) is 42.5 Å². The molecule has 2 unspecified atom stereocenters. The van der Waals surface area contributed by atoms with Crippen LogP contribution < -0.4 is 26.4 Å². The summed E-state index contributed by atoms with van der Waals surface area (Å²) in [4.78, 5) is 39.8. The molecule has 2 saturated carbocycles. The van der Waals surface area contributed by atoms with Crippen LogP contribution in [0.2, 0.25) is 0 Å². The van der Waals surface area contributed by atoms with Gasteiger partial charge in [0.25, 0.3) is 11.8 Å². The number of guanidine groups is 2. The highest BCUT2D eigenvalue weighted by Crippen LogP contribution is 2.63. The highest BCUT2D eigenvalue weighted by molar-refractivity contribution is 9.10. The number of likely N-dealkylation sites (N-methyl/N-ethyl adjacent to an activating group) is 2. The molecule has 2 amide bonds. The lowest BCUT2D eigenvalue weighted by Gasteiger charge is -2.45. The zero-order valence-electron chi connectivity index (χ0n) is 38.6. The zero-order chi connectivity index (χ0) is 47.2. The Kier molecular flexibility index (Phi) is 13.2. The van der Waals surface area contributed by atoms with Gasteiger partial charge in [-0.2, -0.15) is 0 Å². The number of methoxy groups -OCH3 is 4. The Morgan fingerprint density at radius 2 is 1.09 bits per heavy atom. The molecule has 6 aliphatic rings. The molecule has 0 bridgehead atoms. The number of fused-ring (bicyclic) bond motifs is 6. The van der Waals surface area contributed by atoms with Crippen LogP contribution in [0.3, 0.4) is 0 Å². The molecule has 2 atom stereocenters. The number of carbonyl (C=O) groups is 2. The first-order valence-electron chi connectivity index (χ1n) is 22.5. The average molecular weight is 964 g/mol. The maximum absolute atomic E-state index is 13.8. The molecule has 4 aromatic carbocycles. The highest BCUT2D eigenvalue weighted by Gasteiger charge is 2.67. The minimum atomic E-state index is -1.43. The number of nitrogens with zero attached hydrogens (tertiary/aromatic N) is 4. The number of nitrogens with two attached hydrogens (primary N) is 2. The number of hydrogen-bond donors (Lipinski definition) is 4. The second-order valence-electron chi connectivity index (χ2n) is 18.4. The summed E-state index contributed by atoms with van der Waals surface area (Å²) < 4.78 is 22.4. The van der Waals surface area contributed by atoms with Crippen LogP contribution in [-0.4, -0.2) is 105 Å². The molecular weight excluding hydrogens is 903 g/mol. The first kappa shape index (κ1) is 47.2. The largest absolute Gasteiger partial charge is 0.497 e. The van der Waals surface area contributed by atoms with Gasteiger partial charge in [-0.25, -0.2) is 9.98 Å². The van der Waals surface area contributed by atoms with E-state index in [2.05, 4.69) is 52.3 Å². The molecular formula is C50H60BBrN6O8. The summed E-state index contributed by atoms with van der Waals surface area (Å²) in [5, 5.41) is 17.5. The molecule has 14 nitrogen and oxygen atoms in total. The van der Waals surface area contributed by atoms with Crippen molar-refractivity contribution in [1.29, 1.82) is 0 Å². The van der Waals surface area contributed by atoms with Crippen LogP contribution in [0.15, 0.2) is 99.4 Å². The maximum atomic E-state index is 13.8. The van der Waals surface area contributed by atoms with E-state index in [0.29, 0.717) is 23.1 Å². The van der Waals surface area contributed by atoms with E-state index in [4.69, 9.17) is 50.4 Å². The van der Waals surface area contributed by atoms with Gasteiger partial charge in [0.05, 0.1) is 26.4 Å². The van der Waals surface area contributed by atoms with Gasteiger partial charge in [0.15, 0.2) is 23.0 Å². The van der Waals surface area contributed by atoms with Gasteiger partial charge in [0.1, 0.15) is 11.5 Å². The quantitative estimate of drug-likeness (QED) is 0.182. The van der Waals surface area contributed by atoms with Crippen molar-refractivity contribution in [3.8, 4) is 22.6 Å². The normalized spacial score (nSPS) is 28.1. The molecule has 66 heavy (non-hydrogen) atoms. The van der Waals surface area contributed by atoms with Crippen molar-refractivity contribution < 1.29 is 38.6 Å². The number of rotatable bonds is 6. The zero-order valence-corrected chi connectivity index (χ0v) is 40.1. The third kappa shape index (κ3) is 7.77. The summed E-state index contributed by atoms with van der Waals surface area (Å²) in [7, 11) is 8.76. The van der Waals surface area contributed by atoms with Crippen molar-refractivity contribution in [3.05, 3.63) is 112 Å². The predicted molar refractivity (Wildman–Crippen MR) is 258 cm³/mol. The Labute approximate surface area is 395 Å². The number of carbonyl (C=O) groups excluding carboxylic acids is 2. The van der Waals surface area contributed by atoms with E-state index in [1.807, 2.05) is 24.3 Å². The Morgan fingerprint density at radius 1 is 0.636 bits per heavy atom. The number of aliphatic imine (C=N–C) groups is 2. The lowest BCUT2D eigenvalue weighted by Crippen LogP contribution is -2.51. The van der Waals surface area contributed by atoms with Crippen molar-refractivity contribution >= 4 is 52.2 Å². The topological polar surface area (TPSA) is 195 Å². The molecule has 2 fully saturated rings. The van der Waals surface area contributed by atoms with Gasteiger partial charge in [-0.1, -0.05) is 58.4 Å². The predicted octanol–water partition coefficient (Wildman–Crippen LogP) is 5.41. The van der Waals surface area contributed by atoms with E-state index in [0.717, 1.165) is 96.7 Å². The SMILES string of the molecule is COC1CCC2(CC1)Cc1ccc(Br)cc1C21N=C(N)N(C)C1=O.COc1cccc(-c2ccc3c(c2)C2(N=C(N)N(C)C2=O)C2(CCC(OC)CC2)C3)c1.COc1cccc(B(O)O)c1. The van der Waals surface area contributed by atoms with Crippen molar-refractivity contribution in [2.45, 2.75) is 87.5 Å². The molecule has 0 aromatic heterocycles. The maximum Gasteiger partial charge on any atom is 0.488 e. The van der Waals surface area contributed by atoms with Crippen LogP contribution in [0.1, 0.15) is 73.6 Å². The Bertz CT molecular complexity index is 2560. The van der Waals surface area contributed by atoms with E-state index < -0.39 is 18.2 Å². The van der Waals surface area contributed by atoms with Crippen molar-refractivity contribution in [3.63, 3.8) is 0 Å². The van der Waals surface area contributed by atoms with E-state index in [1.54, 1.807) is 59.7 Å². The number of ether oxygens (including phenoxy) is 4. The molecule has 348 valence electrons. The van der Waals surface area contributed by atoms with Gasteiger partial charge in [0, 0.05) is 43.6 Å². The van der Waals surface area contributed by atoms with E-state index in [9.17, 15) is 9.59 Å². The number of amides is 2. The lowest BCUT2D eigenvalue weighted by molar-refractivity contribution is -0.138. The number of hydrogen-bond acceptors (Lipinski definition) is 12. The fraction of sp³-hybridized carbons (Fsp3) is 0.440. The van der Waals surface area contributed by atoms with E-state index in [-0.39, 0.29) is 34.9 Å². The lowest BCUT2D eigenvalue weighted by atomic mass is 9.61. The van der Waals surface area contributed by atoms with Gasteiger partial charge in [0.2, 0.25) is 0 Å². The first-order valence-corrected chi connectivity index (χ1v) is 23.3. The third-order valence-corrected chi connectivity index (χ3v) is 15.8. The fourth-order valence-electron chi connectivity index (χ4n) is 11.6. The molecule has 2 heterocycles. The van der Waals surface area contributed by atoms with E-state index >= 15 is 0 Å². The molecule has 2 aliphatic heterocycles. The van der Waals surface area contributed by atoms with Crippen LogP contribution in [0.5, 0.6) is 11.5 Å². The summed E-state index contributed by atoms with van der Waals surface area (Å²) in [5.41, 5.74) is 17.0. The molecule has 6 N–H and O–H groups in total. The van der Waals surface area contributed by atoms with Gasteiger partial charge >= 0.3 is 7.12 Å². The second kappa shape index (κ2) is 18.4. The fourth-order valence-corrected chi connectivity index (χ4v) is 12.0. The number of benzene rings is 4. The molecule has 4 aliphatic carbocycles. The molecule has 0 radical (unpaired) electrons. The monoisotopic (exact) mass is 962 g/mol. The summed E-state index contributed by atoms with van der Waals surface area (Å²) in [5.74, 6) is 2.05. The first-order chi connectivity index (χ1) is 31.6. The van der Waals surface area contributed by atoms with Crippen molar-refractivity contribution in [1.82, 2.24) is 9.80 Å². The van der Waals surface area contributed by atoms with Crippen LogP contribution in [0.25, 0.3) is 11.1 Å². The van der Waals surface area contributed by atoms with Gasteiger partial charge < -0.3 is 40.5 Å². The third-order valence-electron chi connectivity index (χ3n) is 15.3. The smallest absolute Gasteiger partial charge is 0.488 e. The van der Waals surface area contributed by atoms with Crippen LogP contribution in [-0.2, 0) is 43.0 Å². The van der Waals surface area contributed by atoms with Gasteiger partial charge in [-0.05, 0) is 146 Å². The summed E-state index contributed by atoms with van der Waals surface area (Å²) in [6.07, 6.45) is 9.66. The summed E-state index contributed by atoms with van der Waals surface area (Å²) in [6, 6.07) is 27.3. The van der Waals surface area contributed by atoms with Crippen LogP contribution in [0.4, 0.5) is 0 Å². The number of halogens is 1. The molecule has 4 aromatic rings. The van der Waals surface area contributed by atoms with E-state index in [1.165, 1.54) is 28.0 Å². The second-order valence-corrected chi connectivity index (χ2v) is 19.3. The Balaban J connectivity index is 0.000000149. The minimum absolute atomic E-state index is 0.00715. The summed E-state index contributed by atoms with van der Waals surface area (Å²) >= 11 is 3.55. The van der Waals surface area contributed by atoms with Crippen LogP contribution in [0, 0.1) is 10.8 Å². The summed E-state index contributed by atoms with van der Waals surface area (Å²) in [6.45, 7) is 0. The Hall–Kier alpha value is -5.26. The highest BCUT2D eigenvalue weighted by atomic mass is 79.9. The molecule has 0 saturated heterocycles. The molecule has 10 rings (SSSR count). The van der Waals surface area contributed by atoms with Gasteiger partial charge in [-0.15, -0.1) is 0 Å². The average Bonchev–Trinajstić information content (AvgIpc) is 3.94. The van der Waals surface area contributed by atoms with Crippen LogP contribution >= 0.6 is 15.9 Å². The standard InChI is InChI=1S/C25H29N3O3.C18H22BrN3O2.C7H9BO3/c1-28-22(29)25(27-23(28)26)21-14-17(16-5-4-6-20(13-16)31-3)7-8-18(21)15-24(25)11-9-19(30-2)10-12-24;1-22-15(23)18(21-16(22)20)14-9-12(19)4-3-11(14)10-17(18)7-5-13(24-2)6-8-17;1-11-7-4-2-3-6(5-7)8(9)10/h4-8,13-14,19H,9-12,15H2,1-3H3,(H2,26,27);3-4,9,13H,5-8,10H2,1-2H3,(H2,20,21);2-5,9-10H,1H3. The molecule has 16 heteroatoms. The van der Waals surface area contributed by atoms with Gasteiger partial charge in [-0.3, -0.25) is 19.4 Å². The molecule has 4 spiro atoms.